The van der Waals surface area contributed by atoms with Gasteiger partial charge in [0.25, 0.3) is 5.91 Å². The largest absolute Gasteiger partial charge is 0.443 e. The predicted octanol–water partition coefficient (Wildman–Crippen LogP) is 4.61. The molecule has 5 nitrogen and oxygen atoms in total. The Balaban J connectivity index is 1.84. The average molecular weight is 380 g/mol. The minimum atomic E-state index is -1.05. The molecule has 0 aliphatic carbocycles. The van der Waals surface area contributed by atoms with E-state index in [4.69, 9.17) is 4.74 Å². The van der Waals surface area contributed by atoms with E-state index in [2.05, 4.69) is 10.3 Å². The van der Waals surface area contributed by atoms with Gasteiger partial charge in [-0.3, -0.25) is 4.79 Å². The Kier molecular flexibility index (Phi) is 5.66. The molecule has 0 saturated heterocycles. The van der Waals surface area contributed by atoms with Gasteiger partial charge in [-0.25, -0.2) is 9.78 Å². The number of nitrogens with zero attached hydrogens (tertiary/aromatic N) is 1. The fourth-order valence-electron chi connectivity index (χ4n) is 2.63. The lowest BCUT2D eigenvalue weighted by atomic mass is 10.1. The van der Waals surface area contributed by atoms with Crippen LogP contribution < -0.4 is 5.32 Å². The highest BCUT2D eigenvalue weighted by Crippen LogP contribution is 2.25. The summed E-state index contributed by atoms with van der Waals surface area (Å²) in [7, 11) is 0. The summed E-state index contributed by atoms with van der Waals surface area (Å²) >= 11 is 1.26. The van der Waals surface area contributed by atoms with Gasteiger partial charge in [-0.15, -0.1) is 11.3 Å². The smallest absolute Gasteiger partial charge is 0.351 e. The maximum absolute atomic E-state index is 12.9. The monoisotopic (exact) mass is 380 g/mol. The van der Waals surface area contributed by atoms with Gasteiger partial charge in [0.1, 0.15) is 4.88 Å². The van der Waals surface area contributed by atoms with E-state index in [9.17, 15) is 9.59 Å². The first-order valence-corrected chi connectivity index (χ1v) is 9.33. The number of amides is 1. The Labute approximate surface area is 162 Å². The van der Waals surface area contributed by atoms with Crippen molar-refractivity contribution < 1.29 is 14.3 Å². The maximum Gasteiger partial charge on any atom is 0.351 e. The Hall–Kier alpha value is -2.99. The Morgan fingerprint density at radius 1 is 1.00 bits per heavy atom. The van der Waals surface area contributed by atoms with Crippen molar-refractivity contribution in [1.82, 2.24) is 4.98 Å². The van der Waals surface area contributed by atoms with Gasteiger partial charge in [-0.2, -0.15) is 0 Å². The number of carbonyl (C=O) groups is 2. The number of hydrogen-bond acceptors (Lipinski definition) is 5. The topological polar surface area (TPSA) is 68.3 Å². The van der Waals surface area contributed by atoms with Crippen molar-refractivity contribution in [2.45, 2.75) is 26.9 Å². The standard InChI is InChI=1S/C21H20N2O3S/c1-13-9-11-17(12-10-13)23-20(24)18(16-7-5-4-6-8-16)26-21(25)19-14(2)22-15(3)27-19/h4-12,18H,1-3H3,(H,23,24)/t18-/m1/s1. The van der Waals surface area contributed by atoms with Crippen LogP contribution in [-0.4, -0.2) is 16.9 Å². The second kappa shape index (κ2) is 8.14. The average Bonchev–Trinajstić information content (AvgIpc) is 3.00. The molecule has 138 valence electrons. The van der Waals surface area contributed by atoms with E-state index in [1.807, 2.05) is 44.2 Å². The minimum Gasteiger partial charge on any atom is -0.443 e. The molecule has 6 heteroatoms. The highest BCUT2D eigenvalue weighted by Gasteiger charge is 2.27. The first kappa shape index (κ1) is 18.8. The van der Waals surface area contributed by atoms with Gasteiger partial charge in [0.15, 0.2) is 0 Å². The summed E-state index contributed by atoms with van der Waals surface area (Å²) < 4.78 is 5.59. The molecule has 1 heterocycles. The fourth-order valence-corrected chi connectivity index (χ4v) is 3.43. The van der Waals surface area contributed by atoms with E-state index in [-0.39, 0.29) is 0 Å². The lowest BCUT2D eigenvalue weighted by Gasteiger charge is -2.18. The molecule has 0 radical (unpaired) electrons. The van der Waals surface area contributed by atoms with E-state index in [1.54, 1.807) is 31.2 Å². The number of hydrogen-bond donors (Lipinski definition) is 1. The number of benzene rings is 2. The second-order valence-electron chi connectivity index (χ2n) is 6.20. The molecule has 2 aromatic carbocycles. The number of anilines is 1. The van der Waals surface area contributed by atoms with Crippen LogP contribution in [0.25, 0.3) is 0 Å². The van der Waals surface area contributed by atoms with Crippen LogP contribution >= 0.6 is 11.3 Å². The number of rotatable bonds is 5. The van der Waals surface area contributed by atoms with E-state index in [0.717, 1.165) is 10.6 Å². The number of aromatic nitrogens is 1. The van der Waals surface area contributed by atoms with E-state index in [0.29, 0.717) is 21.8 Å². The van der Waals surface area contributed by atoms with Crippen molar-refractivity contribution in [2.24, 2.45) is 0 Å². The van der Waals surface area contributed by atoms with Crippen LogP contribution in [0.2, 0.25) is 0 Å². The van der Waals surface area contributed by atoms with Crippen LogP contribution in [0, 0.1) is 20.8 Å². The van der Waals surface area contributed by atoms with Crippen molar-refractivity contribution in [2.75, 3.05) is 5.32 Å². The van der Waals surface area contributed by atoms with Crippen molar-refractivity contribution in [3.05, 3.63) is 81.3 Å². The van der Waals surface area contributed by atoms with Gasteiger partial charge in [-0.05, 0) is 32.9 Å². The van der Waals surface area contributed by atoms with Crippen molar-refractivity contribution in [1.29, 1.82) is 0 Å². The maximum atomic E-state index is 12.9. The first-order valence-electron chi connectivity index (χ1n) is 8.51. The fraction of sp³-hybridized carbons (Fsp3) is 0.190. The Morgan fingerprint density at radius 3 is 2.26 bits per heavy atom. The molecule has 1 aromatic heterocycles. The molecule has 1 atom stereocenters. The van der Waals surface area contributed by atoms with Crippen molar-refractivity contribution in [3.63, 3.8) is 0 Å². The molecule has 1 amide bonds. The Morgan fingerprint density at radius 2 is 1.67 bits per heavy atom. The predicted molar refractivity (Wildman–Crippen MR) is 106 cm³/mol. The summed E-state index contributed by atoms with van der Waals surface area (Å²) in [5.41, 5.74) is 2.95. The normalized spacial score (nSPS) is 11.7. The molecule has 3 aromatic rings. The molecular weight excluding hydrogens is 360 g/mol. The molecule has 0 bridgehead atoms. The molecule has 0 spiro atoms. The molecule has 0 aliphatic heterocycles. The number of nitrogens with one attached hydrogen (secondary N) is 1. The number of thiazole rings is 1. The molecular formula is C21H20N2O3S. The SMILES string of the molecule is Cc1ccc(NC(=O)[C@H](OC(=O)c2sc(C)nc2C)c2ccccc2)cc1. The lowest BCUT2D eigenvalue weighted by molar-refractivity contribution is -0.125. The molecule has 0 saturated carbocycles. The van der Waals surface area contributed by atoms with Crippen LogP contribution in [0.15, 0.2) is 54.6 Å². The minimum absolute atomic E-state index is 0.405. The third kappa shape index (κ3) is 4.60. The Bertz CT molecular complexity index is 949. The van der Waals surface area contributed by atoms with Crippen molar-refractivity contribution in [3.8, 4) is 0 Å². The van der Waals surface area contributed by atoms with E-state index in [1.165, 1.54) is 11.3 Å². The van der Waals surface area contributed by atoms with Crippen LogP contribution in [0.1, 0.15) is 37.6 Å². The zero-order chi connectivity index (χ0) is 19.4. The summed E-state index contributed by atoms with van der Waals surface area (Å²) in [6.45, 7) is 5.55. The molecule has 0 fully saturated rings. The summed E-state index contributed by atoms with van der Waals surface area (Å²) in [5.74, 6) is -0.955. The summed E-state index contributed by atoms with van der Waals surface area (Å²) in [5, 5.41) is 3.59. The van der Waals surface area contributed by atoms with E-state index < -0.39 is 18.0 Å². The van der Waals surface area contributed by atoms with Gasteiger partial charge >= 0.3 is 5.97 Å². The van der Waals surface area contributed by atoms with Gasteiger partial charge in [0, 0.05) is 11.3 Å². The van der Waals surface area contributed by atoms with Crippen LogP contribution in [0.3, 0.4) is 0 Å². The van der Waals surface area contributed by atoms with Crippen LogP contribution in [-0.2, 0) is 9.53 Å². The number of esters is 1. The van der Waals surface area contributed by atoms with Gasteiger partial charge < -0.3 is 10.1 Å². The number of ether oxygens (including phenoxy) is 1. The molecule has 0 aliphatic rings. The van der Waals surface area contributed by atoms with E-state index >= 15 is 0 Å². The van der Waals surface area contributed by atoms with Crippen LogP contribution in [0.5, 0.6) is 0 Å². The summed E-state index contributed by atoms with van der Waals surface area (Å²) in [6, 6.07) is 16.4. The summed E-state index contributed by atoms with van der Waals surface area (Å²) in [6.07, 6.45) is -1.05. The van der Waals surface area contributed by atoms with Gasteiger partial charge in [-0.1, -0.05) is 48.0 Å². The zero-order valence-electron chi connectivity index (χ0n) is 15.4. The highest BCUT2D eigenvalue weighted by molar-refractivity contribution is 7.13. The molecule has 1 N–H and O–H groups in total. The molecule has 3 rings (SSSR count). The molecule has 27 heavy (non-hydrogen) atoms. The zero-order valence-corrected chi connectivity index (χ0v) is 16.2. The third-order valence-corrected chi connectivity index (χ3v) is 5.03. The highest BCUT2D eigenvalue weighted by atomic mass is 32.1. The van der Waals surface area contributed by atoms with Gasteiger partial charge in [0.05, 0.1) is 10.7 Å². The second-order valence-corrected chi connectivity index (χ2v) is 7.40. The third-order valence-electron chi connectivity index (χ3n) is 3.97. The number of carbonyl (C=O) groups excluding carboxylic acids is 2. The summed E-state index contributed by atoms with van der Waals surface area (Å²) in [4.78, 5) is 30.2. The van der Waals surface area contributed by atoms with Crippen LogP contribution in [0.4, 0.5) is 5.69 Å². The van der Waals surface area contributed by atoms with Gasteiger partial charge in [0.2, 0.25) is 6.10 Å². The first-order chi connectivity index (χ1) is 12.9. The lowest BCUT2D eigenvalue weighted by Crippen LogP contribution is -2.26. The van der Waals surface area contributed by atoms with Crippen molar-refractivity contribution >= 4 is 28.9 Å². The quantitative estimate of drug-likeness (QED) is 0.657. The molecule has 0 unspecified atom stereocenters. The number of aryl methyl sites for hydroxylation is 3.